The van der Waals surface area contributed by atoms with Crippen molar-refractivity contribution >= 4 is 16.7 Å². The molecule has 92 valence electrons. The first-order valence-corrected chi connectivity index (χ1v) is 5.89. The van der Waals surface area contributed by atoms with E-state index in [1.807, 2.05) is 0 Å². The average Bonchev–Trinajstić information content (AvgIpc) is 2.35. The Morgan fingerprint density at radius 3 is 2.50 bits per heavy atom. The molecule has 1 fully saturated rings. The molecule has 1 heterocycles. The predicted octanol–water partition coefficient (Wildman–Crippen LogP) is 1.76. The van der Waals surface area contributed by atoms with Gasteiger partial charge < -0.3 is 10.6 Å². The highest BCUT2D eigenvalue weighted by atomic mass is 19.1. The molecule has 0 bridgehead atoms. The number of carbonyl (C=O) groups excluding carboxylic acids is 1. The number of rotatable bonds is 1. The first-order valence-electron chi connectivity index (χ1n) is 5.89. The summed E-state index contributed by atoms with van der Waals surface area (Å²) >= 11 is 0. The molecular formula is C14H13FN2O. The zero-order valence-corrected chi connectivity index (χ0v) is 9.77. The van der Waals surface area contributed by atoms with Gasteiger partial charge in [-0.15, -0.1) is 0 Å². The Morgan fingerprint density at radius 1 is 1.17 bits per heavy atom. The van der Waals surface area contributed by atoms with E-state index in [4.69, 9.17) is 5.73 Å². The van der Waals surface area contributed by atoms with Gasteiger partial charge in [0.15, 0.2) is 0 Å². The minimum Gasteiger partial charge on any atom is -0.335 e. The van der Waals surface area contributed by atoms with E-state index in [-0.39, 0.29) is 17.8 Å². The number of fused-ring (bicyclic) bond motifs is 1. The minimum atomic E-state index is -0.303. The van der Waals surface area contributed by atoms with E-state index in [1.54, 1.807) is 35.2 Å². The molecule has 4 heteroatoms. The van der Waals surface area contributed by atoms with Crippen LogP contribution in [0.25, 0.3) is 10.8 Å². The molecule has 3 nitrogen and oxygen atoms in total. The maximum Gasteiger partial charge on any atom is 0.254 e. The molecule has 0 aliphatic carbocycles. The van der Waals surface area contributed by atoms with E-state index in [1.165, 1.54) is 6.07 Å². The fourth-order valence-electron chi connectivity index (χ4n) is 2.30. The van der Waals surface area contributed by atoms with Gasteiger partial charge in [-0.3, -0.25) is 4.79 Å². The highest BCUT2D eigenvalue weighted by molar-refractivity contribution is 6.07. The van der Waals surface area contributed by atoms with Crippen LogP contribution >= 0.6 is 0 Å². The summed E-state index contributed by atoms with van der Waals surface area (Å²) in [7, 11) is 0. The molecule has 2 aromatic carbocycles. The largest absolute Gasteiger partial charge is 0.335 e. The van der Waals surface area contributed by atoms with Gasteiger partial charge >= 0.3 is 0 Å². The highest BCUT2D eigenvalue weighted by Gasteiger charge is 2.29. The summed E-state index contributed by atoms with van der Waals surface area (Å²) in [4.78, 5) is 13.9. The van der Waals surface area contributed by atoms with E-state index in [0.29, 0.717) is 29.4 Å². The van der Waals surface area contributed by atoms with Crippen LogP contribution in [-0.2, 0) is 0 Å². The van der Waals surface area contributed by atoms with Crippen molar-refractivity contribution in [3.63, 3.8) is 0 Å². The summed E-state index contributed by atoms with van der Waals surface area (Å²) in [6.45, 7) is 1.15. The van der Waals surface area contributed by atoms with Crippen molar-refractivity contribution in [2.24, 2.45) is 5.73 Å². The zero-order valence-electron chi connectivity index (χ0n) is 9.77. The van der Waals surface area contributed by atoms with Crippen LogP contribution in [0, 0.1) is 5.82 Å². The molecule has 0 atom stereocenters. The molecule has 0 aromatic heterocycles. The Bertz CT molecular complexity index is 620. The predicted molar refractivity (Wildman–Crippen MR) is 67.8 cm³/mol. The quantitative estimate of drug-likeness (QED) is 0.831. The standard InChI is InChI=1S/C14H13FN2O/c15-13-6-5-12(10-3-1-2-4-11(10)13)14(18)17-7-9(16)8-17/h1-6,9H,7-8,16H2. The number of halogens is 1. The van der Waals surface area contributed by atoms with E-state index >= 15 is 0 Å². The second kappa shape index (κ2) is 4.07. The topological polar surface area (TPSA) is 46.3 Å². The lowest BCUT2D eigenvalue weighted by molar-refractivity contribution is 0.0610. The van der Waals surface area contributed by atoms with Crippen LogP contribution < -0.4 is 5.73 Å². The second-order valence-corrected chi connectivity index (χ2v) is 4.61. The molecule has 1 aliphatic heterocycles. The maximum absolute atomic E-state index is 13.6. The molecular weight excluding hydrogens is 231 g/mol. The van der Waals surface area contributed by atoms with E-state index < -0.39 is 0 Å². The fourth-order valence-corrected chi connectivity index (χ4v) is 2.30. The van der Waals surface area contributed by atoms with Gasteiger partial charge in [0.25, 0.3) is 5.91 Å². The number of carbonyl (C=O) groups is 1. The van der Waals surface area contributed by atoms with Gasteiger partial charge in [-0.2, -0.15) is 0 Å². The van der Waals surface area contributed by atoms with Crippen molar-refractivity contribution < 1.29 is 9.18 Å². The summed E-state index contributed by atoms with van der Waals surface area (Å²) < 4.78 is 13.6. The first kappa shape index (κ1) is 11.2. The smallest absolute Gasteiger partial charge is 0.254 e. The van der Waals surface area contributed by atoms with Crippen molar-refractivity contribution in [1.82, 2.24) is 4.90 Å². The van der Waals surface area contributed by atoms with Crippen LogP contribution in [0.2, 0.25) is 0 Å². The third kappa shape index (κ3) is 1.66. The van der Waals surface area contributed by atoms with Crippen molar-refractivity contribution in [3.05, 3.63) is 47.8 Å². The summed E-state index contributed by atoms with van der Waals surface area (Å²) in [5.41, 5.74) is 6.21. The lowest BCUT2D eigenvalue weighted by Crippen LogP contribution is -2.57. The molecule has 1 saturated heterocycles. The lowest BCUT2D eigenvalue weighted by atomic mass is 10.0. The van der Waals surface area contributed by atoms with Gasteiger partial charge in [-0.25, -0.2) is 4.39 Å². The molecule has 18 heavy (non-hydrogen) atoms. The number of amides is 1. The van der Waals surface area contributed by atoms with Crippen LogP contribution in [-0.4, -0.2) is 29.9 Å². The molecule has 3 rings (SSSR count). The number of hydrogen-bond donors (Lipinski definition) is 1. The average molecular weight is 244 g/mol. The third-order valence-electron chi connectivity index (χ3n) is 3.30. The Kier molecular flexibility index (Phi) is 2.52. The van der Waals surface area contributed by atoms with Gasteiger partial charge in [0.05, 0.1) is 0 Å². The van der Waals surface area contributed by atoms with Gasteiger partial charge in [0.1, 0.15) is 5.82 Å². The molecule has 2 N–H and O–H groups in total. The number of benzene rings is 2. The Labute approximate surface area is 104 Å². The molecule has 1 amide bonds. The Morgan fingerprint density at radius 2 is 1.83 bits per heavy atom. The van der Waals surface area contributed by atoms with Gasteiger partial charge in [0, 0.05) is 30.1 Å². The van der Waals surface area contributed by atoms with Gasteiger partial charge in [-0.05, 0) is 17.5 Å². The van der Waals surface area contributed by atoms with Crippen molar-refractivity contribution in [2.45, 2.75) is 6.04 Å². The molecule has 0 unspecified atom stereocenters. The number of nitrogens with zero attached hydrogens (tertiary/aromatic N) is 1. The third-order valence-corrected chi connectivity index (χ3v) is 3.30. The van der Waals surface area contributed by atoms with Crippen molar-refractivity contribution in [3.8, 4) is 0 Å². The highest BCUT2D eigenvalue weighted by Crippen LogP contribution is 2.24. The van der Waals surface area contributed by atoms with Crippen molar-refractivity contribution in [2.75, 3.05) is 13.1 Å². The van der Waals surface area contributed by atoms with Gasteiger partial charge in [-0.1, -0.05) is 24.3 Å². The zero-order chi connectivity index (χ0) is 12.7. The van der Waals surface area contributed by atoms with Gasteiger partial charge in [0.2, 0.25) is 0 Å². The van der Waals surface area contributed by atoms with Crippen LogP contribution in [0.3, 0.4) is 0 Å². The van der Waals surface area contributed by atoms with E-state index in [9.17, 15) is 9.18 Å². The van der Waals surface area contributed by atoms with Crippen LogP contribution in [0.15, 0.2) is 36.4 Å². The van der Waals surface area contributed by atoms with E-state index in [2.05, 4.69) is 0 Å². The number of hydrogen-bond acceptors (Lipinski definition) is 2. The molecule has 0 saturated carbocycles. The Balaban J connectivity index is 2.07. The monoisotopic (exact) mass is 244 g/mol. The Hall–Kier alpha value is -1.94. The first-order chi connectivity index (χ1) is 8.66. The summed E-state index contributed by atoms with van der Waals surface area (Å²) in [6, 6.07) is 9.98. The SMILES string of the molecule is NC1CN(C(=O)c2ccc(F)c3ccccc23)C1. The summed E-state index contributed by atoms with van der Waals surface area (Å²) in [5, 5.41) is 1.14. The molecule has 2 aromatic rings. The number of likely N-dealkylation sites (tertiary alicyclic amines) is 1. The second-order valence-electron chi connectivity index (χ2n) is 4.61. The summed E-state index contributed by atoms with van der Waals surface area (Å²) in [5.74, 6) is -0.379. The van der Waals surface area contributed by atoms with E-state index in [0.717, 1.165) is 0 Å². The molecule has 0 radical (unpaired) electrons. The summed E-state index contributed by atoms with van der Waals surface area (Å²) in [6.07, 6.45) is 0. The fraction of sp³-hybridized carbons (Fsp3) is 0.214. The minimum absolute atomic E-state index is 0.0701. The van der Waals surface area contributed by atoms with Crippen LogP contribution in [0.5, 0.6) is 0 Å². The number of nitrogens with two attached hydrogens (primary N) is 1. The normalized spacial score (nSPS) is 15.8. The van der Waals surface area contributed by atoms with Crippen LogP contribution in [0.4, 0.5) is 4.39 Å². The van der Waals surface area contributed by atoms with Crippen molar-refractivity contribution in [1.29, 1.82) is 0 Å². The molecule has 1 aliphatic rings. The maximum atomic E-state index is 13.6. The van der Waals surface area contributed by atoms with Crippen LogP contribution in [0.1, 0.15) is 10.4 Å². The molecule has 0 spiro atoms. The lowest BCUT2D eigenvalue weighted by Gasteiger charge is -2.37.